The minimum atomic E-state index is -3.64. The van der Waals surface area contributed by atoms with E-state index in [9.17, 15) is 8.42 Å². The molecule has 1 saturated heterocycles. The van der Waals surface area contributed by atoms with E-state index < -0.39 is 10.0 Å². The van der Waals surface area contributed by atoms with Gasteiger partial charge in [0.25, 0.3) is 0 Å². The summed E-state index contributed by atoms with van der Waals surface area (Å²) in [5, 5.41) is 0.261. The van der Waals surface area contributed by atoms with Gasteiger partial charge >= 0.3 is 0 Å². The SMILES string of the molecule is COc1ccc(C(CNS(=O)(=O)c2ccc(Cl)nc2)N2CCCC2)cc1. The molecule has 0 spiro atoms. The second-order valence-corrected chi connectivity index (χ2v) is 8.35. The van der Waals surface area contributed by atoms with Crippen LogP contribution in [0.2, 0.25) is 5.15 Å². The van der Waals surface area contributed by atoms with Crippen LogP contribution < -0.4 is 9.46 Å². The van der Waals surface area contributed by atoms with E-state index in [0.29, 0.717) is 0 Å². The molecule has 1 atom stereocenters. The third kappa shape index (κ3) is 4.54. The first-order valence-corrected chi connectivity index (χ1v) is 10.3. The second-order valence-electron chi connectivity index (χ2n) is 6.20. The molecular formula is C18H22ClN3O3S. The number of ether oxygens (including phenoxy) is 1. The lowest BCUT2D eigenvalue weighted by Crippen LogP contribution is -2.36. The van der Waals surface area contributed by atoms with Gasteiger partial charge in [0.15, 0.2) is 0 Å². The first-order chi connectivity index (χ1) is 12.5. The van der Waals surface area contributed by atoms with Crippen molar-refractivity contribution in [2.24, 2.45) is 0 Å². The third-order valence-electron chi connectivity index (χ3n) is 4.56. The molecule has 1 aromatic carbocycles. The monoisotopic (exact) mass is 395 g/mol. The summed E-state index contributed by atoms with van der Waals surface area (Å²) in [4.78, 5) is 6.27. The fourth-order valence-corrected chi connectivity index (χ4v) is 4.22. The van der Waals surface area contributed by atoms with Gasteiger partial charge in [-0.3, -0.25) is 4.90 Å². The van der Waals surface area contributed by atoms with Gasteiger partial charge in [-0.2, -0.15) is 0 Å². The van der Waals surface area contributed by atoms with Crippen LogP contribution in [0.3, 0.4) is 0 Å². The number of rotatable bonds is 7. The number of hydrogen-bond acceptors (Lipinski definition) is 5. The number of nitrogens with zero attached hydrogens (tertiary/aromatic N) is 2. The molecule has 0 radical (unpaired) electrons. The van der Waals surface area contributed by atoms with Crippen molar-refractivity contribution in [3.63, 3.8) is 0 Å². The maximum atomic E-state index is 12.6. The Hall–Kier alpha value is -1.67. The molecule has 8 heteroatoms. The summed E-state index contributed by atoms with van der Waals surface area (Å²) in [7, 11) is -2.02. The van der Waals surface area contributed by atoms with E-state index in [0.717, 1.165) is 37.2 Å². The number of pyridine rings is 1. The number of hydrogen-bond donors (Lipinski definition) is 1. The summed E-state index contributed by atoms with van der Waals surface area (Å²) in [5.41, 5.74) is 1.06. The van der Waals surface area contributed by atoms with Crippen molar-refractivity contribution in [2.45, 2.75) is 23.8 Å². The van der Waals surface area contributed by atoms with Crippen LogP contribution in [-0.4, -0.2) is 45.0 Å². The highest BCUT2D eigenvalue weighted by Gasteiger charge is 2.25. The zero-order chi connectivity index (χ0) is 18.6. The zero-order valence-electron chi connectivity index (χ0n) is 14.6. The van der Waals surface area contributed by atoms with E-state index in [1.807, 2.05) is 24.3 Å². The van der Waals surface area contributed by atoms with E-state index in [1.54, 1.807) is 7.11 Å². The van der Waals surface area contributed by atoms with Crippen LogP contribution in [0.15, 0.2) is 47.5 Å². The molecule has 1 unspecified atom stereocenters. The molecule has 1 N–H and O–H groups in total. The van der Waals surface area contributed by atoms with Crippen molar-refractivity contribution >= 4 is 21.6 Å². The lowest BCUT2D eigenvalue weighted by molar-refractivity contribution is 0.246. The normalized spacial score (nSPS) is 16.5. The van der Waals surface area contributed by atoms with Crippen LogP contribution in [0.25, 0.3) is 0 Å². The molecule has 1 fully saturated rings. The van der Waals surface area contributed by atoms with Gasteiger partial charge in [-0.1, -0.05) is 23.7 Å². The fraction of sp³-hybridized carbons (Fsp3) is 0.389. The largest absolute Gasteiger partial charge is 0.497 e. The average molecular weight is 396 g/mol. The van der Waals surface area contributed by atoms with Crippen molar-refractivity contribution in [3.05, 3.63) is 53.3 Å². The summed E-state index contributed by atoms with van der Waals surface area (Å²) in [6, 6.07) is 10.7. The van der Waals surface area contributed by atoms with E-state index in [-0.39, 0.29) is 22.6 Å². The van der Waals surface area contributed by atoms with Gasteiger partial charge in [-0.25, -0.2) is 18.1 Å². The molecule has 0 saturated carbocycles. The molecule has 0 aliphatic carbocycles. The molecule has 140 valence electrons. The molecule has 1 aromatic heterocycles. The van der Waals surface area contributed by atoms with Gasteiger partial charge < -0.3 is 4.74 Å². The molecule has 3 rings (SSSR count). The van der Waals surface area contributed by atoms with E-state index in [1.165, 1.54) is 18.3 Å². The van der Waals surface area contributed by atoms with Gasteiger partial charge in [0.2, 0.25) is 10.0 Å². The van der Waals surface area contributed by atoms with E-state index in [4.69, 9.17) is 16.3 Å². The molecule has 2 aromatic rings. The highest BCUT2D eigenvalue weighted by molar-refractivity contribution is 7.89. The van der Waals surface area contributed by atoms with E-state index in [2.05, 4.69) is 14.6 Å². The number of sulfonamides is 1. The minimum Gasteiger partial charge on any atom is -0.497 e. The lowest BCUT2D eigenvalue weighted by atomic mass is 10.1. The average Bonchev–Trinajstić information content (AvgIpc) is 3.17. The predicted molar refractivity (Wildman–Crippen MR) is 101 cm³/mol. The summed E-state index contributed by atoms with van der Waals surface area (Å²) in [6.07, 6.45) is 3.52. The Bertz CT molecular complexity index is 820. The van der Waals surface area contributed by atoms with Crippen LogP contribution >= 0.6 is 11.6 Å². The van der Waals surface area contributed by atoms with Crippen LogP contribution in [0.5, 0.6) is 5.75 Å². The Morgan fingerprint density at radius 1 is 1.19 bits per heavy atom. The first kappa shape index (κ1) is 19.1. The van der Waals surface area contributed by atoms with Crippen molar-refractivity contribution in [1.82, 2.24) is 14.6 Å². The summed E-state index contributed by atoms with van der Waals surface area (Å²) in [5.74, 6) is 0.779. The maximum Gasteiger partial charge on any atom is 0.242 e. The Morgan fingerprint density at radius 3 is 2.46 bits per heavy atom. The van der Waals surface area contributed by atoms with Crippen LogP contribution in [0.4, 0.5) is 0 Å². The Balaban J connectivity index is 1.78. The van der Waals surface area contributed by atoms with Gasteiger partial charge in [0, 0.05) is 18.8 Å². The lowest BCUT2D eigenvalue weighted by Gasteiger charge is -2.28. The minimum absolute atomic E-state index is 0.0292. The van der Waals surface area contributed by atoms with Crippen molar-refractivity contribution in [3.8, 4) is 5.75 Å². The molecule has 1 aliphatic heterocycles. The highest BCUT2D eigenvalue weighted by Crippen LogP contribution is 2.26. The highest BCUT2D eigenvalue weighted by atomic mass is 35.5. The zero-order valence-corrected chi connectivity index (χ0v) is 16.1. The van der Waals surface area contributed by atoms with Gasteiger partial charge in [-0.15, -0.1) is 0 Å². The van der Waals surface area contributed by atoms with Crippen molar-refractivity contribution < 1.29 is 13.2 Å². The standard InChI is InChI=1S/C18H22ClN3O3S/c1-25-15-6-4-14(5-7-15)17(22-10-2-3-11-22)13-21-26(23,24)16-8-9-18(19)20-12-16/h4-9,12,17,21H,2-3,10-11,13H2,1H3. The summed E-state index contributed by atoms with van der Waals surface area (Å²) < 4.78 is 33.1. The maximum absolute atomic E-state index is 12.6. The number of benzene rings is 1. The number of halogens is 1. The number of likely N-dealkylation sites (tertiary alicyclic amines) is 1. The molecule has 6 nitrogen and oxygen atoms in total. The number of methoxy groups -OCH3 is 1. The Morgan fingerprint density at radius 2 is 1.88 bits per heavy atom. The van der Waals surface area contributed by atoms with Crippen LogP contribution in [0.1, 0.15) is 24.4 Å². The van der Waals surface area contributed by atoms with Gasteiger partial charge in [-0.05, 0) is 55.8 Å². The van der Waals surface area contributed by atoms with Crippen molar-refractivity contribution in [2.75, 3.05) is 26.7 Å². The topological polar surface area (TPSA) is 71.5 Å². The van der Waals surface area contributed by atoms with Crippen molar-refractivity contribution in [1.29, 1.82) is 0 Å². The summed E-state index contributed by atoms with van der Waals surface area (Å²) in [6.45, 7) is 2.21. The van der Waals surface area contributed by atoms with Crippen LogP contribution in [0, 0.1) is 0 Å². The number of nitrogens with one attached hydrogen (secondary N) is 1. The van der Waals surface area contributed by atoms with E-state index >= 15 is 0 Å². The molecule has 1 aliphatic rings. The Labute approximate surface area is 159 Å². The summed E-state index contributed by atoms with van der Waals surface area (Å²) >= 11 is 5.74. The molecule has 2 heterocycles. The molecular weight excluding hydrogens is 374 g/mol. The molecule has 0 bridgehead atoms. The first-order valence-electron chi connectivity index (χ1n) is 8.49. The Kier molecular flexibility index (Phi) is 6.13. The smallest absolute Gasteiger partial charge is 0.242 e. The van der Waals surface area contributed by atoms with Gasteiger partial charge in [0.1, 0.15) is 15.8 Å². The van der Waals surface area contributed by atoms with Gasteiger partial charge in [0.05, 0.1) is 7.11 Å². The molecule has 26 heavy (non-hydrogen) atoms. The third-order valence-corrected chi connectivity index (χ3v) is 6.19. The fourth-order valence-electron chi connectivity index (χ4n) is 3.13. The molecule has 0 amide bonds. The second kappa shape index (κ2) is 8.35. The quantitative estimate of drug-likeness (QED) is 0.730. The predicted octanol–water partition coefficient (Wildman–Crippen LogP) is 2.86. The number of aromatic nitrogens is 1. The van der Waals surface area contributed by atoms with Crippen LogP contribution in [-0.2, 0) is 10.0 Å².